The summed E-state index contributed by atoms with van der Waals surface area (Å²) in [6.45, 7) is 8.10. The van der Waals surface area contributed by atoms with Gasteiger partial charge in [0.15, 0.2) is 0 Å². The highest BCUT2D eigenvalue weighted by Gasteiger charge is 2.25. The van der Waals surface area contributed by atoms with E-state index in [9.17, 15) is 9.59 Å². The number of rotatable bonds is 3. The summed E-state index contributed by atoms with van der Waals surface area (Å²) in [5.41, 5.74) is 6.16. The first-order valence-electron chi connectivity index (χ1n) is 13.7. The monoisotopic (exact) mass is 558 g/mol. The van der Waals surface area contributed by atoms with E-state index in [1.54, 1.807) is 0 Å². The number of carbonyl (C=O) groups is 2. The molecule has 210 valence electrons. The van der Waals surface area contributed by atoms with Crippen LogP contribution in [0.3, 0.4) is 0 Å². The first-order chi connectivity index (χ1) is 20.2. The highest BCUT2D eigenvalue weighted by Crippen LogP contribution is 2.50. The molecule has 0 radical (unpaired) electrons. The van der Waals surface area contributed by atoms with Gasteiger partial charge in [-0.1, -0.05) is 82.9 Å². The molecule has 0 saturated heterocycles. The molecule has 0 atom stereocenters. The molecule has 0 aromatic heterocycles. The van der Waals surface area contributed by atoms with Crippen molar-refractivity contribution >= 4 is 55.4 Å². The van der Waals surface area contributed by atoms with Crippen molar-refractivity contribution in [2.75, 3.05) is 14.2 Å². The lowest BCUT2D eigenvalue weighted by Gasteiger charge is -2.22. The van der Waals surface area contributed by atoms with Crippen molar-refractivity contribution in [1.82, 2.24) is 0 Å². The van der Waals surface area contributed by atoms with Crippen LogP contribution in [-0.4, -0.2) is 26.5 Å². The van der Waals surface area contributed by atoms with Crippen molar-refractivity contribution in [3.05, 3.63) is 95.1 Å². The summed E-state index contributed by atoms with van der Waals surface area (Å²) in [4.78, 5) is 24.9. The number of methoxy groups -OCH3 is 2. The third-order valence-electron chi connectivity index (χ3n) is 7.71. The fourth-order valence-electron chi connectivity index (χ4n) is 5.84. The Hall–Kier alpha value is -5.10. The molecule has 0 aliphatic carbocycles. The van der Waals surface area contributed by atoms with E-state index in [0.717, 1.165) is 76.5 Å². The lowest BCUT2D eigenvalue weighted by molar-refractivity contribution is 0.121. The summed E-state index contributed by atoms with van der Waals surface area (Å²) in [6.07, 6.45) is -1.56. The Balaban J connectivity index is 1.89. The van der Waals surface area contributed by atoms with Gasteiger partial charge in [0.25, 0.3) is 0 Å². The number of carbonyl (C=O) groups excluding carboxylic acids is 2. The van der Waals surface area contributed by atoms with Crippen molar-refractivity contribution in [2.45, 2.75) is 27.7 Å². The normalized spacial score (nSPS) is 11.3. The van der Waals surface area contributed by atoms with Gasteiger partial charge < -0.3 is 18.9 Å². The summed E-state index contributed by atoms with van der Waals surface area (Å²) in [5.74, 6) is 0.899. The summed E-state index contributed by atoms with van der Waals surface area (Å²) in [6, 6.07) is 24.6. The fourth-order valence-corrected chi connectivity index (χ4v) is 5.84. The number of fused-ring (bicyclic) bond motifs is 4. The number of hydrogen-bond acceptors (Lipinski definition) is 6. The van der Waals surface area contributed by atoms with E-state index in [2.05, 4.69) is 36.4 Å². The van der Waals surface area contributed by atoms with Gasteiger partial charge in [0, 0.05) is 21.5 Å². The van der Waals surface area contributed by atoms with Gasteiger partial charge in [-0.3, -0.25) is 0 Å². The van der Waals surface area contributed by atoms with Crippen LogP contribution in [0, 0.1) is 27.7 Å². The molecule has 6 nitrogen and oxygen atoms in total. The standard InChI is InChI=1S/C36H30O6/c1-19-9-13-25-27(15-19)31(23-11-7-21(3)17-29(23)33(25)41-35(37)39-5)32-24-12-8-22(4)18-30(24)34(42-36(38)40-6)26-14-10-20(2)16-28(26)32/h7-18H,1-6H3. The molecule has 6 rings (SSSR count). The number of hydrogen-bond donors (Lipinski definition) is 0. The van der Waals surface area contributed by atoms with Crippen LogP contribution >= 0.6 is 0 Å². The predicted octanol–water partition coefficient (Wildman–Crippen LogP) is 9.49. The van der Waals surface area contributed by atoms with E-state index in [1.165, 1.54) is 14.2 Å². The third kappa shape index (κ3) is 4.45. The van der Waals surface area contributed by atoms with Crippen molar-refractivity contribution in [3.63, 3.8) is 0 Å². The number of benzene rings is 6. The maximum Gasteiger partial charge on any atom is 0.513 e. The van der Waals surface area contributed by atoms with Crippen LogP contribution in [-0.2, 0) is 9.47 Å². The van der Waals surface area contributed by atoms with E-state index >= 15 is 0 Å². The van der Waals surface area contributed by atoms with Gasteiger partial charge >= 0.3 is 12.3 Å². The van der Waals surface area contributed by atoms with Crippen LogP contribution in [0.2, 0.25) is 0 Å². The highest BCUT2D eigenvalue weighted by atomic mass is 16.7. The zero-order chi connectivity index (χ0) is 29.7. The molecule has 6 heteroatoms. The Bertz CT molecular complexity index is 1940. The van der Waals surface area contributed by atoms with Gasteiger partial charge in [0.1, 0.15) is 11.5 Å². The van der Waals surface area contributed by atoms with E-state index in [0.29, 0.717) is 11.5 Å². The van der Waals surface area contributed by atoms with E-state index in [1.807, 2.05) is 64.1 Å². The first-order valence-corrected chi connectivity index (χ1v) is 13.7. The van der Waals surface area contributed by atoms with Crippen LogP contribution < -0.4 is 9.47 Å². The van der Waals surface area contributed by atoms with Crippen molar-refractivity contribution < 1.29 is 28.5 Å². The molecule has 0 N–H and O–H groups in total. The molecule has 0 amide bonds. The minimum absolute atomic E-state index is 0.450. The SMILES string of the molecule is COC(=O)Oc1c2cc(C)ccc2c(-c2c3ccc(C)cc3c(OC(=O)OC)c3ccc(C)cc23)c2cc(C)ccc12. The number of ether oxygens (including phenoxy) is 4. The predicted molar refractivity (Wildman–Crippen MR) is 167 cm³/mol. The van der Waals surface area contributed by atoms with Gasteiger partial charge in [-0.2, -0.15) is 0 Å². The minimum Gasteiger partial charge on any atom is -0.437 e. The van der Waals surface area contributed by atoms with Crippen molar-refractivity contribution in [2.24, 2.45) is 0 Å². The van der Waals surface area contributed by atoms with Crippen LogP contribution in [0.1, 0.15) is 22.3 Å². The van der Waals surface area contributed by atoms with Crippen LogP contribution in [0.4, 0.5) is 9.59 Å². The molecule has 6 aromatic carbocycles. The number of aryl methyl sites for hydroxylation is 4. The fraction of sp³-hybridized carbons (Fsp3) is 0.167. The van der Waals surface area contributed by atoms with E-state index < -0.39 is 12.3 Å². The molecular formula is C36H30O6. The molecule has 0 bridgehead atoms. The average molecular weight is 559 g/mol. The second kappa shape index (κ2) is 10.4. The third-order valence-corrected chi connectivity index (χ3v) is 7.71. The summed E-state index contributed by atoms with van der Waals surface area (Å²) in [7, 11) is 2.61. The molecular weight excluding hydrogens is 528 g/mol. The smallest absolute Gasteiger partial charge is 0.437 e. The molecule has 0 heterocycles. The van der Waals surface area contributed by atoms with Gasteiger partial charge in [-0.05, 0) is 72.5 Å². The molecule has 0 unspecified atom stereocenters. The Labute approximate surface area is 243 Å². The lowest BCUT2D eigenvalue weighted by atomic mass is 9.84. The Morgan fingerprint density at radius 1 is 0.429 bits per heavy atom. The van der Waals surface area contributed by atoms with E-state index in [4.69, 9.17) is 18.9 Å². The zero-order valence-electron chi connectivity index (χ0n) is 24.4. The van der Waals surface area contributed by atoms with Crippen LogP contribution in [0.5, 0.6) is 11.5 Å². The van der Waals surface area contributed by atoms with Crippen LogP contribution in [0.15, 0.2) is 72.8 Å². The molecule has 6 aromatic rings. The maximum atomic E-state index is 12.4. The van der Waals surface area contributed by atoms with Gasteiger partial charge in [0.05, 0.1) is 14.2 Å². The van der Waals surface area contributed by atoms with Gasteiger partial charge in [-0.15, -0.1) is 0 Å². The topological polar surface area (TPSA) is 71.1 Å². The van der Waals surface area contributed by atoms with Gasteiger partial charge in [-0.25, -0.2) is 9.59 Å². The quantitative estimate of drug-likeness (QED) is 0.122. The maximum absolute atomic E-state index is 12.4. The Morgan fingerprint density at radius 2 is 0.738 bits per heavy atom. The van der Waals surface area contributed by atoms with Crippen molar-refractivity contribution in [3.8, 4) is 22.6 Å². The Kier molecular flexibility index (Phi) is 6.70. The molecule has 0 aliphatic rings. The Morgan fingerprint density at radius 3 is 1.07 bits per heavy atom. The first kappa shape index (κ1) is 27.1. The van der Waals surface area contributed by atoms with Crippen LogP contribution in [0.25, 0.3) is 54.2 Å². The zero-order valence-corrected chi connectivity index (χ0v) is 24.4. The largest absolute Gasteiger partial charge is 0.513 e. The van der Waals surface area contributed by atoms with Gasteiger partial charge in [0.2, 0.25) is 0 Å². The highest BCUT2D eigenvalue weighted by molar-refractivity contribution is 6.27. The summed E-state index contributed by atoms with van der Waals surface area (Å²) in [5, 5.41) is 6.86. The molecule has 0 aliphatic heterocycles. The second-order valence-corrected chi connectivity index (χ2v) is 10.7. The minimum atomic E-state index is -0.779. The lowest BCUT2D eigenvalue weighted by Crippen LogP contribution is -2.09. The van der Waals surface area contributed by atoms with E-state index in [-0.39, 0.29) is 0 Å². The van der Waals surface area contributed by atoms with Crippen molar-refractivity contribution in [1.29, 1.82) is 0 Å². The molecule has 0 spiro atoms. The molecule has 0 saturated carbocycles. The summed E-state index contributed by atoms with van der Waals surface area (Å²) >= 11 is 0. The summed E-state index contributed by atoms with van der Waals surface area (Å²) < 4.78 is 21.5. The molecule has 0 fully saturated rings. The second-order valence-electron chi connectivity index (χ2n) is 10.7. The average Bonchev–Trinajstić information content (AvgIpc) is 2.97. The molecule has 42 heavy (non-hydrogen) atoms.